The van der Waals surface area contributed by atoms with E-state index in [0.717, 1.165) is 11.6 Å². The van der Waals surface area contributed by atoms with Crippen molar-refractivity contribution in [2.75, 3.05) is 32.7 Å². The van der Waals surface area contributed by atoms with E-state index in [1.807, 2.05) is 0 Å². The van der Waals surface area contributed by atoms with E-state index in [1.54, 1.807) is 20.8 Å². The first-order valence-electron chi connectivity index (χ1n) is 11.8. The molecule has 0 atom stereocenters. The van der Waals surface area contributed by atoms with Crippen molar-refractivity contribution >= 4 is 17.7 Å². The first-order chi connectivity index (χ1) is 16.7. The normalized spacial score (nSPS) is 19.4. The minimum atomic E-state index is -4.96. The van der Waals surface area contributed by atoms with Crippen molar-refractivity contribution in [2.45, 2.75) is 57.7 Å². The van der Waals surface area contributed by atoms with Crippen LogP contribution in [0.4, 0.5) is 26.7 Å². The molecule has 0 unspecified atom stereocenters. The van der Waals surface area contributed by atoms with Crippen LogP contribution < -0.4 is 0 Å². The molecule has 0 aliphatic carbocycles. The van der Waals surface area contributed by atoms with Crippen molar-refractivity contribution in [1.29, 1.82) is 0 Å². The summed E-state index contributed by atoms with van der Waals surface area (Å²) < 4.78 is 73.6. The summed E-state index contributed by atoms with van der Waals surface area (Å²) in [7, 11) is 0. The SMILES string of the molecule is CC(C)(C)OC(=O)N1CCC2=C(C1)C(C(=O)N1CCC(c3cc(F)cc(F)c3C(F)(F)F)CC1)=NC2. The molecule has 3 aliphatic rings. The molecule has 0 radical (unpaired) electrons. The van der Waals surface area contributed by atoms with Crippen LogP contribution in [0.25, 0.3) is 0 Å². The summed E-state index contributed by atoms with van der Waals surface area (Å²) >= 11 is 0. The smallest absolute Gasteiger partial charge is 0.419 e. The lowest BCUT2D eigenvalue weighted by atomic mass is 9.85. The Morgan fingerprint density at radius 1 is 1.03 bits per heavy atom. The maximum atomic E-state index is 14.0. The number of aliphatic imine (C=N–C) groups is 1. The van der Waals surface area contributed by atoms with Gasteiger partial charge in [0, 0.05) is 31.3 Å². The lowest BCUT2D eigenvalue weighted by Crippen LogP contribution is -2.45. The van der Waals surface area contributed by atoms with Crippen molar-refractivity contribution in [3.63, 3.8) is 0 Å². The molecule has 0 saturated carbocycles. The second-order valence-electron chi connectivity index (χ2n) is 10.3. The van der Waals surface area contributed by atoms with Gasteiger partial charge in [-0.15, -0.1) is 0 Å². The molecule has 11 heteroatoms. The average molecular weight is 514 g/mol. The topological polar surface area (TPSA) is 62.2 Å². The Hall–Kier alpha value is -2.98. The molecule has 6 nitrogen and oxygen atoms in total. The Morgan fingerprint density at radius 2 is 1.69 bits per heavy atom. The summed E-state index contributed by atoms with van der Waals surface area (Å²) in [5, 5.41) is 0. The number of amides is 2. The monoisotopic (exact) mass is 513 g/mol. The van der Waals surface area contributed by atoms with Crippen LogP contribution in [0, 0.1) is 11.6 Å². The quantitative estimate of drug-likeness (QED) is 0.518. The standard InChI is InChI=1S/C25H28F5N3O3/c1-24(2,3)36-23(35)33-9-6-15-12-31-21(18(15)13-33)22(34)32-7-4-14(5-8-32)17-10-16(26)11-19(27)20(17)25(28,29)30/h10-11,14H,4-9,12-13H2,1-3H3. The summed E-state index contributed by atoms with van der Waals surface area (Å²) in [6, 6.07) is 0.971. The van der Waals surface area contributed by atoms with E-state index in [1.165, 1.54) is 9.80 Å². The Bertz CT molecular complexity index is 1130. The number of hydrogen-bond acceptors (Lipinski definition) is 4. The van der Waals surface area contributed by atoms with Gasteiger partial charge in [0.2, 0.25) is 0 Å². The van der Waals surface area contributed by atoms with Gasteiger partial charge in [0.05, 0.1) is 18.7 Å². The van der Waals surface area contributed by atoms with Gasteiger partial charge in [0.15, 0.2) is 0 Å². The maximum absolute atomic E-state index is 14.0. The zero-order valence-electron chi connectivity index (χ0n) is 20.3. The molecule has 3 aliphatic heterocycles. The zero-order chi connectivity index (χ0) is 26.4. The second kappa shape index (κ2) is 9.48. The molecule has 196 valence electrons. The molecule has 3 heterocycles. The summed E-state index contributed by atoms with van der Waals surface area (Å²) in [6.07, 6.45) is -4.61. The van der Waals surface area contributed by atoms with Gasteiger partial charge in [0.1, 0.15) is 22.9 Å². The summed E-state index contributed by atoms with van der Waals surface area (Å²) in [4.78, 5) is 33.2. The van der Waals surface area contributed by atoms with Gasteiger partial charge in [-0.3, -0.25) is 9.79 Å². The number of halogens is 5. The van der Waals surface area contributed by atoms with E-state index in [0.29, 0.717) is 25.1 Å². The van der Waals surface area contributed by atoms with Gasteiger partial charge < -0.3 is 14.5 Å². The van der Waals surface area contributed by atoms with Gasteiger partial charge in [-0.1, -0.05) is 0 Å². The number of benzene rings is 1. The summed E-state index contributed by atoms with van der Waals surface area (Å²) in [6.45, 7) is 6.57. The fourth-order valence-corrected chi connectivity index (χ4v) is 4.93. The van der Waals surface area contributed by atoms with Crippen LogP contribution in [0.1, 0.15) is 57.1 Å². The fourth-order valence-electron chi connectivity index (χ4n) is 4.93. The second-order valence-corrected chi connectivity index (χ2v) is 10.3. The van der Waals surface area contributed by atoms with Crippen LogP contribution in [0.2, 0.25) is 0 Å². The molecule has 0 aromatic heterocycles. The van der Waals surface area contributed by atoms with Gasteiger partial charge >= 0.3 is 12.3 Å². The van der Waals surface area contributed by atoms with Gasteiger partial charge in [-0.05, 0) is 63.2 Å². The zero-order valence-corrected chi connectivity index (χ0v) is 20.3. The predicted octanol–water partition coefficient (Wildman–Crippen LogP) is 5.08. The van der Waals surface area contributed by atoms with Crippen molar-refractivity contribution in [3.05, 3.63) is 46.0 Å². The molecule has 36 heavy (non-hydrogen) atoms. The highest BCUT2D eigenvalue weighted by Gasteiger charge is 2.41. The molecule has 0 N–H and O–H groups in total. The number of nitrogens with zero attached hydrogens (tertiary/aromatic N) is 3. The fraction of sp³-hybridized carbons (Fsp3) is 0.560. The molecule has 0 bridgehead atoms. The highest BCUT2D eigenvalue weighted by Crippen LogP contribution is 2.41. The van der Waals surface area contributed by atoms with Crippen molar-refractivity contribution in [1.82, 2.24) is 9.80 Å². The number of likely N-dealkylation sites (tertiary alicyclic amines) is 1. The highest BCUT2D eigenvalue weighted by molar-refractivity contribution is 6.46. The Kier molecular flexibility index (Phi) is 6.87. The average Bonchev–Trinajstić information content (AvgIpc) is 3.19. The molecule has 1 aromatic rings. The maximum Gasteiger partial charge on any atom is 0.419 e. The highest BCUT2D eigenvalue weighted by atomic mass is 19.4. The van der Waals surface area contributed by atoms with E-state index in [9.17, 15) is 31.5 Å². The number of carbonyl (C=O) groups is 2. The predicted molar refractivity (Wildman–Crippen MR) is 122 cm³/mol. The van der Waals surface area contributed by atoms with Gasteiger partial charge in [-0.25, -0.2) is 13.6 Å². The summed E-state index contributed by atoms with van der Waals surface area (Å²) in [5.74, 6) is -3.80. The number of hydrogen-bond donors (Lipinski definition) is 0. The van der Waals surface area contributed by atoms with Crippen LogP contribution in [-0.2, 0) is 15.7 Å². The molecule has 0 spiro atoms. The minimum absolute atomic E-state index is 0.121. The molecule has 2 amide bonds. The molecule has 1 aromatic carbocycles. The first-order valence-corrected chi connectivity index (χ1v) is 11.8. The van der Waals surface area contributed by atoms with Gasteiger partial charge in [0.25, 0.3) is 5.91 Å². The molecule has 1 fully saturated rings. The van der Waals surface area contributed by atoms with Crippen molar-refractivity contribution < 1.29 is 36.3 Å². The largest absolute Gasteiger partial charge is 0.444 e. The van der Waals surface area contributed by atoms with Crippen LogP contribution >= 0.6 is 0 Å². The molecule has 4 rings (SSSR count). The third kappa shape index (κ3) is 5.39. The third-order valence-corrected chi connectivity index (χ3v) is 6.62. The number of ether oxygens (including phenoxy) is 1. The van der Waals surface area contributed by atoms with E-state index in [4.69, 9.17) is 4.74 Å². The Morgan fingerprint density at radius 3 is 2.31 bits per heavy atom. The molecular formula is C25H28F5N3O3. The number of alkyl halides is 3. The van der Waals surface area contributed by atoms with E-state index < -0.39 is 46.5 Å². The van der Waals surface area contributed by atoms with Crippen LogP contribution in [0.5, 0.6) is 0 Å². The van der Waals surface area contributed by atoms with E-state index in [-0.39, 0.29) is 50.2 Å². The lowest BCUT2D eigenvalue weighted by Gasteiger charge is -2.34. The van der Waals surface area contributed by atoms with Crippen molar-refractivity contribution in [3.8, 4) is 0 Å². The van der Waals surface area contributed by atoms with Gasteiger partial charge in [-0.2, -0.15) is 13.2 Å². The Labute approximate surface area is 205 Å². The van der Waals surface area contributed by atoms with Crippen LogP contribution in [-0.4, -0.2) is 65.8 Å². The Balaban J connectivity index is 1.44. The van der Waals surface area contributed by atoms with E-state index in [2.05, 4.69) is 4.99 Å². The van der Waals surface area contributed by atoms with Crippen LogP contribution in [0.3, 0.4) is 0 Å². The van der Waals surface area contributed by atoms with Crippen LogP contribution in [0.15, 0.2) is 28.3 Å². The lowest BCUT2D eigenvalue weighted by molar-refractivity contribution is -0.141. The van der Waals surface area contributed by atoms with E-state index >= 15 is 0 Å². The number of piperidine rings is 1. The van der Waals surface area contributed by atoms with Crippen molar-refractivity contribution in [2.24, 2.45) is 4.99 Å². The first kappa shape index (κ1) is 26.1. The molecular weight excluding hydrogens is 485 g/mol. The third-order valence-electron chi connectivity index (χ3n) is 6.62. The molecule has 1 saturated heterocycles. The number of rotatable bonds is 2. The number of carbonyl (C=O) groups excluding carboxylic acids is 2. The minimum Gasteiger partial charge on any atom is -0.444 e. The summed E-state index contributed by atoms with van der Waals surface area (Å²) in [5.41, 5.74) is -0.605.